The van der Waals surface area contributed by atoms with Crippen LogP contribution in [0, 0.1) is 11.3 Å². The predicted molar refractivity (Wildman–Crippen MR) is 109 cm³/mol. The Bertz CT molecular complexity index is 752. The quantitative estimate of drug-likeness (QED) is 0.463. The Kier molecular flexibility index (Phi) is 7.04. The fourth-order valence-electron chi connectivity index (χ4n) is 3.64. The zero-order valence-electron chi connectivity index (χ0n) is 16.6. The molecule has 1 heterocycles. The number of H-pyrrole nitrogens is 1. The van der Waals surface area contributed by atoms with Crippen molar-refractivity contribution in [3.05, 3.63) is 35.7 Å². The molecule has 144 valence electrons. The van der Waals surface area contributed by atoms with Crippen LogP contribution in [0.1, 0.15) is 88.9 Å². The minimum atomic E-state index is -0.403. The van der Waals surface area contributed by atoms with E-state index in [1.807, 2.05) is 0 Å². The molecule has 0 amide bonds. The van der Waals surface area contributed by atoms with Gasteiger partial charge in [-0.25, -0.2) is 4.98 Å². The second kappa shape index (κ2) is 9.69. The number of hydrogen-bond acceptors (Lipinski definition) is 3. The first-order valence-corrected chi connectivity index (χ1v) is 10.7. The third-order valence-corrected chi connectivity index (χ3v) is 5.66. The lowest BCUT2D eigenvalue weighted by Crippen LogP contribution is -2.04. The highest BCUT2D eigenvalue weighted by Crippen LogP contribution is 2.46. The highest BCUT2D eigenvalue weighted by Gasteiger charge is 2.48. The van der Waals surface area contributed by atoms with Crippen LogP contribution < -0.4 is 0 Å². The van der Waals surface area contributed by atoms with Gasteiger partial charge in [0.25, 0.3) is 0 Å². The van der Waals surface area contributed by atoms with Gasteiger partial charge in [0.2, 0.25) is 0 Å². The molecule has 1 N–H and O–H groups in total. The monoisotopic (exact) mass is 364 g/mol. The SMILES string of the molecule is CCCCCCCCCCCc1cccc(-c2n[nH]c(C3(C#N)CC3)n2)c1. The molecule has 1 aromatic carbocycles. The molecule has 0 radical (unpaired) electrons. The Balaban J connectivity index is 1.42. The van der Waals surface area contributed by atoms with E-state index in [2.05, 4.69) is 52.4 Å². The third-order valence-electron chi connectivity index (χ3n) is 5.66. The van der Waals surface area contributed by atoms with Crippen LogP contribution in [0.3, 0.4) is 0 Å². The summed E-state index contributed by atoms with van der Waals surface area (Å²) in [6.45, 7) is 2.27. The average Bonchev–Trinajstić information content (AvgIpc) is 3.34. The van der Waals surface area contributed by atoms with Gasteiger partial charge in [0.05, 0.1) is 6.07 Å². The molecule has 0 bridgehead atoms. The van der Waals surface area contributed by atoms with Crippen LogP contribution in [0.5, 0.6) is 0 Å². The first kappa shape index (κ1) is 19.6. The van der Waals surface area contributed by atoms with Gasteiger partial charge in [-0.05, 0) is 37.3 Å². The normalized spacial score (nSPS) is 14.8. The van der Waals surface area contributed by atoms with Crippen molar-refractivity contribution in [2.24, 2.45) is 0 Å². The Hall–Kier alpha value is -2.15. The first-order valence-electron chi connectivity index (χ1n) is 10.7. The van der Waals surface area contributed by atoms with E-state index in [1.165, 1.54) is 63.4 Å². The third kappa shape index (κ3) is 5.42. The molecule has 1 saturated carbocycles. The van der Waals surface area contributed by atoms with Crippen molar-refractivity contribution in [2.45, 2.75) is 89.4 Å². The van der Waals surface area contributed by atoms with Crippen LogP contribution in [0.15, 0.2) is 24.3 Å². The number of aromatic amines is 1. The topological polar surface area (TPSA) is 65.4 Å². The molecule has 0 spiro atoms. The van der Waals surface area contributed by atoms with E-state index in [9.17, 15) is 5.26 Å². The minimum Gasteiger partial charge on any atom is -0.261 e. The summed E-state index contributed by atoms with van der Waals surface area (Å²) in [5.41, 5.74) is 1.99. The fourth-order valence-corrected chi connectivity index (χ4v) is 3.64. The summed E-state index contributed by atoms with van der Waals surface area (Å²) in [7, 11) is 0. The fraction of sp³-hybridized carbons (Fsp3) is 0.609. The lowest BCUT2D eigenvalue weighted by Gasteiger charge is -2.04. The number of unbranched alkanes of at least 4 members (excludes halogenated alkanes) is 8. The van der Waals surface area contributed by atoms with Crippen molar-refractivity contribution in [1.82, 2.24) is 15.2 Å². The lowest BCUT2D eigenvalue weighted by molar-refractivity contribution is 0.565. The number of benzene rings is 1. The largest absolute Gasteiger partial charge is 0.261 e. The molecule has 1 fully saturated rings. The summed E-state index contributed by atoms with van der Waals surface area (Å²) < 4.78 is 0. The van der Waals surface area contributed by atoms with E-state index in [0.29, 0.717) is 5.82 Å². The van der Waals surface area contributed by atoms with Crippen LogP contribution in [-0.2, 0) is 11.8 Å². The van der Waals surface area contributed by atoms with Crippen LogP contribution in [0.4, 0.5) is 0 Å². The molecular weight excluding hydrogens is 332 g/mol. The van der Waals surface area contributed by atoms with Crippen molar-refractivity contribution >= 4 is 0 Å². The second-order valence-electron chi connectivity index (χ2n) is 7.98. The van der Waals surface area contributed by atoms with Crippen molar-refractivity contribution in [3.8, 4) is 17.5 Å². The van der Waals surface area contributed by atoms with Gasteiger partial charge in [0.1, 0.15) is 11.2 Å². The summed E-state index contributed by atoms with van der Waals surface area (Å²) in [6, 6.07) is 10.9. The Morgan fingerprint density at radius 1 is 1.04 bits per heavy atom. The Morgan fingerprint density at radius 3 is 2.41 bits per heavy atom. The van der Waals surface area contributed by atoms with E-state index < -0.39 is 5.41 Å². The highest BCUT2D eigenvalue weighted by molar-refractivity contribution is 5.56. The van der Waals surface area contributed by atoms with Crippen LogP contribution in [0.2, 0.25) is 0 Å². The van der Waals surface area contributed by atoms with E-state index in [0.717, 1.165) is 30.7 Å². The molecular formula is C23H32N4. The number of nitrogens with zero attached hydrogens (tertiary/aromatic N) is 3. The van der Waals surface area contributed by atoms with Crippen molar-refractivity contribution in [1.29, 1.82) is 5.26 Å². The molecule has 1 aliphatic carbocycles. The van der Waals surface area contributed by atoms with Gasteiger partial charge >= 0.3 is 0 Å². The first-order chi connectivity index (χ1) is 13.3. The summed E-state index contributed by atoms with van der Waals surface area (Å²) in [5.74, 6) is 1.43. The van der Waals surface area contributed by atoms with E-state index >= 15 is 0 Å². The zero-order chi connectivity index (χ0) is 19.0. The smallest absolute Gasteiger partial charge is 0.181 e. The lowest BCUT2D eigenvalue weighted by atomic mass is 10.0. The molecule has 3 rings (SSSR count). The molecule has 0 saturated heterocycles. The average molecular weight is 365 g/mol. The summed E-state index contributed by atoms with van der Waals surface area (Å²) >= 11 is 0. The molecule has 0 aliphatic heterocycles. The van der Waals surface area contributed by atoms with Gasteiger partial charge in [0, 0.05) is 5.56 Å². The maximum Gasteiger partial charge on any atom is 0.181 e. The van der Waals surface area contributed by atoms with Crippen molar-refractivity contribution in [3.63, 3.8) is 0 Å². The molecule has 0 atom stereocenters. The van der Waals surface area contributed by atoms with Gasteiger partial charge in [-0.3, -0.25) is 5.10 Å². The number of hydrogen-bond donors (Lipinski definition) is 1. The van der Waals surface area contributed by atoms with Crippen LogP contribution in [0.25, 0.3) is 11.4 Å². The highest BCUT2D eigenvalue weighted by atomic mass is 15.2. The van der Waals surface area contributed by atoms with E-state index in [4.69, 9.17) is 0 Å². The van der Waals surface area contributed by atoms with Gasteiger partial charge in [0.15, 0.2) is 5.82 Å². The van der Waals surface area contributed by atoms with Crippen molar-refractivity contribution in [2.75, 3.05) is 0 Å². The van der Waals surface area contributed by atoms with Crippen LogP contribution in [-0.4, -0.2) is 15.2 Å². The maximum atomic E-state index is 9.31. The molecule has 0 unspecified atom stereocenters. The number of rotatable bonds is 12. The standard InChI is InChI=1S/C23H32N4/c1-2-3-4-5-6-7-8-9-10-12-19-13-11-14-20(17-19)21-25-22(27-26-21)23(18-24)15-16-23/h11,13-14,17H,2-10,12,15-16H2,1H3,(H,25,26,27). The summed E-state index contributed by atoms with van der Waals surface area (Å²) in [6.07, 6.45) is 15.1. The Morgan fingerprint density at radius 2 is 1.74 bits per heavy atom. The van der Waals surface area contributed by atoms with E-state index in [1.54, 1.807) is 0 Å². The van der Waals surface area contributed by atoms with Crippen LogP contribution >= 0.6 is 0 Å². The van der Waals surface area contributed by atoms with Gasteiger partial charge in [-0.15, -0.1) is 0 Å². The molecule has 27 heavy (non-hydrogen) atoms. The van der Waals surface area contributed by atoms with Crippen molar-refractivity contribution < 1.29 is 0 Å². The number of aryl methyl sites for hydroxylation is 1. The minimum absolute atomic E-state index is 0.403. The Labute approximate surface area is 163 Å². The van der Waals surface area contributed by atoms with Gasteiger partial charge < -0.3 is 0 Å². The van der Waals surface area contributed by atoms with Gasteiger partial charge in [-0.2, -0.15) is 10.4 Å². The summed E-state index contributed by atoms with van der Waals surface area (Å²) in [5, 5.41) is 16.6. The molecule has 4 nitrogen and oxygen atoms in total. The number of nitriles is 1. The number of aromatic nitrogens is 3. The van der Waals surface area contributed by atoms with Gasteiger partial charge in [-0.1, -0.05) is 76.5 Å². The molecule has 4 heteroatoms. The molecule has 2 aromatic rings. The summed E-state index contributed by atoms with van der Waals surface area (Å²) in [4.78, 5) is 4.59. The maximum absolute atomic E-state index is 9.31. The second-order valence-corrected chi connectivity index (χ2v) is 7.98. The zero-order valence-corrected chi connectivity index (χ0v) is 16.6. The predicted octanol–water partition coefficient (Wildman–Crippen LogP) is 6.10. The molecule has 1 aliphatic rings. The molecule has 1 aromatic heterocycles. The number of nitrogens with one attached hydrogen (secondary N) is 1. The van der Waals surface area contributed by atoms with E-state index in [-0.39, 0.29) is 0 Å².